The van der Waals surface area contributed by atoms with Gasteiger partial charge in [0.05, 0.1) is 5.60 Å². The van der Waals surface area contributed by atoms with Crippen molar-refractivity contribution in [1.82, 2.24) is 4.90 Å². The van der Waals surface area contributed by atoms with Crippen molar-refractivity contribution in [1.29, 1.82) is 0 Å². The molecule has 0 atom stereocenters. The molecule has 1 saturated heterocycles. The van der Waals surface area contributed by atoms with Crippen molar-refractivity contribution in [2.45, 2.75) is 45.3 Å². The van der Waals surface area contributed by atoms with Crippen LogP contribution >= 0.6 is 0 Å². The Kier molecular flexibility index (Phi) is 2.01. The summed E-state index contributed by atoms with van der Waals surface area (Å²) < 4.78 is 0. The van der Waals surface area contributed by atoms with E-state index in [1.807, 2.05) is 13.8 Å². The highest BCUT2D eigenvalue weighted by molar-refractivity contribution is 4.93. The average molecular weight is 157 g/mol. The predicted molar refractivity (Wildman–Crippen MR) is 46.6 cm³/mol. The Morgan fingerprint density at radius 2 is 1.64 bits per heavy atom. The lowest BCUT2D eigenvalue weighted by atomic mass is 9.89. The Hall–Kier alpha value is -0.0800. The van der Waals surface area contributed by atoms with Gasteiger partial charge in [-0.3, -0.25) is 4.90 Å². The van der Waals surface area contributed by atoms with Crippen molar-refractivity contribution in [3.63, 3.8) is 0 Å². The molecular weight excluding hydrogens is 138 g/mol. The Labute approximate surface area is 69.2 Å². The number of hydrogen-bond acceptors (Lipinski definition) is 2. The molecule has 0 bridgehead atoms. The van der Waals surface area contributed by atoms with Gasteiger partial charge in [-0.05, 0) is 34.1 Å². The van der Waals surface area contributed by atoms with Crippen molar-refractivity contribution in [2.24, 2.45) is 0 Å². The van der Waals surface area contributed by atoms with Crippen LogP contribution in [0.15, 0.2) is 0 Å². The highest BCUT2D eigenvalue weighted by Gasteiger charge is 2.37. The van der Waals surface area contributed by atoms with Gasteiger partial charge in [0.2, 0.25) is 0 Å². The van der Waals surface area contributed by atoms with Crippen LogP contribution in [-0.4, -0.2) is 34.2 Å². The van der Waals surface area contributed by atoms with Gasteiger partial charge in [-0.1, -0.05) is 0 Å². The fraction of sp³-hybridized carbons (Fsp3) is 1.00. The van der Waals surface area contributed by atoms with Crippen LogP contribution in [0.1, 0.15) is 34.1 Å². The molecule has 0 unspecified atom stereocenters. The molecular formula is C9H19NO. The van der Waals surface area contributed by atoms with Crippen LogP contribution in [0.3, 0.4) is 0 Å². The van der Waals surface area contributed by atoms with Gasteiger partial charge < -0.3 is 5.11 Å². The maximum absolute atomic E-state index is 9.60. The summed E-state index contributed by atoms with van der Waals surface area (Å²) in [6.07, 6.45) is 0.847. The highest BCUT2D eigenvalue weighted by Crippen LogP contribution is 2.30. The summed E-state index contributed by atoms with van der Waals surface area (Å²) in [7, 11) is 0. The normalized spacial score (nSPS) is 20.5. The van der Waals surface area contributed by atoms with E-state index >= 15 is 0 Å². The third-order valence-corrected chi connectivity index (χ3v) is 2.17. The van der Waals surface area contributed by atoms with Crippen molar-refractivity contribution in [3.8, 4) is 0 Å². The van der Waals surface area contributed by atoms with Gasteiger partial charge in [0.15, 0.2) is 0 Å². The van der Waals surface area contributed by atoms with E-state index in [-0.39, 0.29) is 5.54 Å². The first-order valence-corrected chi connectivity index (χ1v) is 4.29. The minimum Gasteiger partial charge on any atom is -0.390 e. The summed E-state index contributed by atoms with van der Waals surface area (Å²) in [5.74, 6) is 0. The molecule has 0 spiro atoms. The van der Waals surface area contributed by atoms with Crippen LogP contribution < -0.4 is 0 Å². The number of rotatable bonds is 3. The topological polar surface area (TPSA) is 23.2 Å². The minimum atomic E-state index is -0.536. The van der Waals surface area contributed by atoms with E-state index in [2.05, 4.69) is 18.7 Å². The fourth-order valence-electron chi connectivity index (χ4n) is 1.83. The Morgan fingerprint density at radius 3 is 1.91 bits per heavy atom. The molecule has 0 aromatic rings. The quantitative estimate of drug-likeness (QED) is 0.623. The number of hydrogen-bond donors (Lipinski definition) is 1. The molecule has 66 valence electrons. The summed E-state index contributed by atoms with van der Waals surface area (Å²) in [6, 6.07) is 0. The molecule has 1 aliphatic heterocycles. The molecule has 2 nitrogen and oxygen atoms in total. The van der Waals surface area contributed by atoms with E-state index in [4.69, 9.17) is 0 Å². The Balaban J connectivity index is 2.45. The van der Waals surface area contributed by atoms with Crippen molar-refractivity contribution in [3.05, 3.63) is 0 Å². The average Bonchev–Trinajstić information content (AvgIpc) is 2.30. The second-order valence-corrected chi connectivity index (χ2v) is 4.79. The zero-order chi connectivity index (χ0) is 8.70. The lowest BCUT2D eigenvalue weighted by Gasteiger charge is -2.32. The Morgan fingerprint density at radius 1 is 1.18 bits per heavy atom. The summed E-state index contributed by atoms with van der Waals surface area (Å²) in [6.45, 7) is 10.5. The van der Waals surface area contributed by atoms with Gasteiger partial charge in [0.25, 0.3) is 0 Å². The van der Waals surface area contributed by atoms with Crippen molar-refractivity contribution >= 4 is 0 Å². The van der Waals surface area contributed by atoms with Crippen LogP contribution in [0, 0.1) is 0 Å². The van der Waals surface area contributed by atoms with Gasteiger partial charge in [-0.2, -0.15) is 0 Å². The molecule has 1 rings (SSSR count). The molecule has 0 aliphatic carbocycles. The molecule has 2 heteroatoms. The van der Waals surface area contributed by atoms with E-state index in [1.54, 1.807) is 0 Å². The lowest BCUT2D eigenvalue weighted by molar-refractivity contribution is 0.0304. The predicted octanol–water partition coefficient (Wildman–Crippen LogP) is 1.24. The van der Waals surface area contributed by atoms with Gasteiger partial charge in [0.1, 0.15) is 0 Å². The molecule has 0 aromatic heterocycles. The smallest absolute Gasteiger partial charge is 0.0609 e. The second-order valence-electron chi connectivity index (χ2n) is 4.79. The van der Waals surface area contributed by atoms with E-state index < -0.39 is 5.60 Å². The molecule has 1 aliphatic rings. The molecule has 0 aromatic carbocycles. The maximum Gasteiger partial charge on any atom is 0.0609 e. The van der Waals surface area contributed by atoms with Crippen LogP contribution in [0.2, 0.25) is 0 Å². The third kappa shape index (κ3) is 2.80. The zero-order valence-corrected chi connectivity index (χ0v) is 8.02. The molecule has 1 fully saturated rings. The van der Waals surface area contributed by atoms with Gasteiger partial charge in [-0.15, -0.1) is 0 Å². The van der Waals surface area contributed by atoms with E-state index in [0.29, 0.717) is 0 Å². The highest BCUT2D eigenvalue weighted by atomic mass is 16.3. The summed E-state index contributed by atoms with van der Waals surface area (Å²) >= 11 is 0. The monoisotopic (exact) mass is 157 g/mol. The standard InChI is InChI=1S/C9H19NO/c1-8(2,10-5-6-10)7-9(3,4)11/h11H,5-7H2,1-4H3. The minimum absolute atomic E-state index is 0.179. The van der Waals surface area contributed by atoms with Crippen LogP contribution in [0.4, 0.5) is 0 Å². The summed E-state index contributed by atoms with van der Waals surface area (Å²) in [4.78, 5) is 2.38. The van der Waals surface area contributed by atoms with E-state index in [9.17, 15) is 5.11 Å². The lowest BCUT2D eigenvalue weighted by Crippen LogP contribution is -2.38. The van der Waals surface area contributed by atoms with Crippen molar-refractivity contribution in [2.75, 3.05) is 13.1 Å². The third-order valence-electron chi connectivity index (χ3n) is 2.17. The maximum atomic E-state index is 9.60. The molecule has 1 N–H and O–H groups in total. The molecule has 0 radical (unpaired) electrons. The number of nitrogens with zero attached hydrogens (tertiary/aromatic N) is 1. The van der Waals surface area contributed by atoms with Gasteiger partial charge in [0, 0.05) is 18.6 Å². The fourth-order valence-corrected chi connectivity index (χ4v) is 1.83. The zero-order valence-electron chi connectivity index (χ0n) is 8.02. The van der Waals surface area contributed by atoms with Gasteiger partial charge >= 0.3 is 0 Å². The largest absolute Gasteiger partial charge is 0.390 e. The van der Waals surface area contributed by atoms with E-state index in [1.165, 1.54) is 13.1 Å². The molecule has 0 saturated carbocycles. The molecule has 1 heterocycles. The molecule has 0 amide bonds. The first-order valence-electron chi connectivity index (χ1n) is 4.29. The van der Waals surface area contributed by atoms with Crippen LogP contribution in [-0.2, 0) is 0 Å². The Bertz CT molecular complexity index is 142. The van der Waals surface area contributed by atoms with E-state index in [0.717, 1.165) is 6.42 Å². The summed E-state index contributed by atoms with van der Waals surface area (Å²) in [5.41, 5.74) is -0.357. The number of aliphatic hydroxyl groups is 1. The van der Waals surface area contributed by atoms with Crippen LogP contribution in [0.5, 0.6) is 0 Å². The van der Waals surface area contributed by atoms with Crippen molar-refractivity contribution < 1.29 is 5.11 Å². The van der Waals surface area contributed by atoms with Crippen LogP contribution in [0.25, 0.3) is 0 Å². The SMILES string of the molecule is CC(C)(O)CC(C)(C)N1CC1. The summed E-state index contributed by atoms with van der Waals surface area (Å²) in [5, 5.41) is 9.60. The second kappa shape index (κ2) is 2.46. The first-order chi connectivity index (χ1) is 4.81. The first kappa shape index (κ1) is 9.01. The molecule has 11 heavy (non-hydrogen) atoms. The van der Waals surface area contributed by atoms with Gasteiger partial charge in [-0.25, -0.2) is 0 Å².